The molecule has 0 unspecified atom stereocenters. The summed E-state index contributed by atoms with van der Waals surface area (Å²) in [5.74, 6) is -1.12. The third-order valence-electron chi connectivity index (χ3n) is 6.69. The molecule has 1 aliphatic rings. The second-order valence-electron chi connectivity index (χ2n) is 10.7. The molecule has 0 spiro atoms. The number of carbonyl (C=O) groups excluding carboxylic acids is 2. The van der Waals surface area contributed by atoms with Crippen LogP contribution in [-0.2, 0) is 92.0 Å². The number of nitrogens with zero attached hydrogens (tertiary/aromatic N) is 1. The molecule has 5 atom stereocenters. The molecule has 26 nitrogen and oxygen atoms in total. The van der Waals surface area contributed by atoms with E-state index in [1.807, 2.05) is 0 Å². The molecule has 0 aliphatic carbocycles. The van der Waals surface area contributed by atoms with Crippen LogP contribution in [0.1, 0.15) is 58.3 Å². The second-order valence-corrected chi connectivity index (χ2v) is 15.9. The summed E-state index contributed by atoms with van der Waals surface area (Å²) in [5, 5.41) is 2.30. The number of hydrogen-bond donors (Lipinski definition) is 1. The Labute approximate surface area is 306 Å². The lowest BCUT2D eigenvalue weighted by Gasteiger charge is -2.45. The summed E-state index contributed by atoms with van der Waals surface area (Å²) in [6.07, 6.45) is -8.77. The number of likely N-dealkylation sites (N-methyl/N-ethyl adjacent to an activating group) is 1. The number of unbranched alkanes of at least 4 members (excludes halogenated alkanes) is 6. The minimum Gasteiger partial charge on any atom is -0.726 e. The topological polar surface area (TPSA) is 400 Å². The first-order valence-corrected chi connectivity index (χ1v) is 21.8. The Kier molecular flexibility index (Phi) is 20.5. The predicted molar refractivity (Wildman–Crippen MR) is 162 cm³/mol. The molecule has 0 saturated carbocycles. The van der Waals surface area contributed by atoms with E-state index in [9.17, 15) is 74.4 Å². The van der Waals surface area contributed by atoms with E-state index in [1.54, 1.807) is 6.92 Å². The molecule has 0 aromatic rings. The number of nitrogens with one attached hydrogen (secondary N) is 1. The van der Waals surface area contributed by atoms with Gasteiger partial charge in [0.2, 0.25) is 63.8 Å². The van der Waals surface area contributed by atoms with Crippen molar-refractivity contribution in [1.82, 2.24) is 10.2 Å². The van der Waals surface area contributed by atoms with Crippen LogP contribution in [0, 0.1) is 0 Å². The molecule has 1 fully saturated rings. The van der Waals surface area contributed by atoms with Crippen LogP contribution in [0.4, 0.5) is 0 Å². The standard InChI is InChI=1S/C22H42N2O24S5/c1-2-24(18(26)10-8-6-4-3-5-7-9-12-43-49(27,28)29)14-17(25)23-11-13-42-22-21(48-53(39,40)41)20(47-52(36,37)38)19(46-51(33,34)35)16(45-22)15-44-50(30,31)32/h16,19-22H,2-15H2,1H3,(H,23,25)(H,27,28,29)(H,30,31,32)(H,33,34,35)(H,36,37,38)(H,39,40,41)/p-5/t16-,19-,20+,21+,22+/m1/s1. The van der Waals surface area contributed by atoms with E-state index in [0.29, 0.717) is 25.7 Å². The fourth-order valence-electron chi connectivity index (χ4n) is 4.59. The molecular weight excluding hydrogens is 837 g/mol. The number of carbonyl (C=O) groups is 2. The van der Waals surface area contributed by atoms with Crippen LogP contribution in [0.3, 0.4) is 0 Å². The Morgan fingerprint density at radius 2 is 1.13 bits per heavy atom. The average Bonchev–Trinajstić information content (AvgIpc) is 2.97. The van der Waals surface area contributed by atoms with Crippen LogP contribution in [0.5, 0.6) is 0 Å². The van der Waals surface area contributed by atoms with Gasteiger partial charge in [0, 0.05) is 19.5 Å². The molecule has 1 rings (SSSR count). The number of amides is 2. The molecule has 0 bridgehead atoms. The first-order chi connectivity index (χ1) is 24.2. The van der Waals surface area contributed by atoms with Crippen molar-refractivity contribution in [2.75, 3.05) is 39.5 Å². The highest BCUT2D eigenvalue weighted by atomic mass is 32.3. The van der Waals surface area contributed by atoms with Crippen LogP contribution < -0.4 is 5.32 Å². The SMILES string of the molecule is CCN(CC(=O)NCCO[C@H]1O[C@H](COS(=O)(=O)[O-])[C@@H](OS(=O)(=O)[O-])[C@H](OS(=O)(=O)[O-])[C@@H]1OS(=O)(=O)[O-])C(=O)CCCCCCCCCOS(=O)(=O)[O-]. The fourth-order valence-corrected chi connectivity index (χ4v) is 6.68. The zero-order valence-electron chi connectivity index (χ0n) is 27.6. The van der Waals surface area contributed by atoms with Gasteiger partial charge in [-0.2, -0.15) is 0 Å². The molecule has 31 heteroatoms. The summed E-state index contributed by atoms with van der Waals surface area (Å²) < 4.78 is 197. The van der Waals surface area contributed by atoms with Gasteiger partial charge in [-0.25, -0.2) is 42.1 Å². The average molecular weight is 874 g/mol. The van der Waals surface area contributed by atoms with E-state index in [-0.39, 0.29) is 25.5 Å². The second kappa shape index (κ2) is 22.1. The summed E-state index contributed by atoms with van der Waals surface area (Å²) in [5.41, 5.74) is 0. The van der Waals surface area contributed by atoms with Gasteiger partial charge in [0.25, 0.3) is 0 Å². The van der Waals surface area contributed by atoms with Crippen LogP contribution >= 0.6 is 0 Å². The van der Waals surface area contributed by atoms with E-state index in [1.165, 1.54) is 4.90 Å². The van der Waals surface area contributed by atoms with E-state index >= 15 is 0 Å². The summed E-state index contributed by atoms with van der Waals surface area (Å²) in [6.45, 7) is -1.78. The van der Waals surface area contributed by atoms with Gasteiger partial charge in [-0.1, -0.05) is 32.1 Å². The van der Waals surface area contributed by atoms with Gasteiger partial charge in [-0.05, 0) is 19.8 Å². The van der Waals surface area contributed by atoms with Gasteiger partial charge in [0.05, 0.1) is 26.4 Å². The molecule has 1 aliphatic heterocycles. The quantitative estimate of drug-likeness (QED) is 0.0471. The van der Waals surface area contributed by atoms with E-state index < -0.39 is 115 Å². The monoisotopic (exact) mass is 873 g/mol. The van der Waals surface area contributed by atoms with Crippen molar-refractivity contribution in [1.29, 1.82) is 0 Å². The van der Waals surface area contributed by atoms with Gasteiger partial charge in [-0.3, -0.25) is 30.5 Å². The molecule has 1 N–H and O–H groups in total. The van der Waals surface area contributed by atoms with Crippen LogP contribution in [-0.4, -0.2) is 152 Å². The van der Waals surface area contributed by atoms with Gasteiger partial charge >= 0.3 is 0 Å². The molecule has 0 radical (unpaired) electrons. The van der Waals surface area contributed by atoms with Gasteiger partial charge in [0.1, 0.15) is 18.3 Å². The maximum atomic E-state index is 12.6. The highest BCUT2D eigenvalue weighted by molar-refractivity contribution is 7.81. The zero-order valence-corrected chi connectivity index (χ0v) is 31.7. The summed E-state index contributed by atoms with van der Waals surface area (Å²) in [7, 11) is -28.3. The van der Waals surface area contributed by atoms with Crippen molar-refractivity contribution in [2.45, 2.75) is 89.0 Å². The van der Waals surface area contributed by atoms with Crippen LogP contribution in [0.2, 0.25) is 0 Å². The van der Waals surface area contributed by atoms with E-state index in [0.717, 1.165) is 19.3 Å². The summed E-state index contributed by atoms with van der Waals surface area (Å²) >= 11 is 0. The molecule has 2 amide bonds. The van der Waals surface area contributed by atoms with Crippen LogP contribution in [0.15, 0.2) is 0 Å². The van der Waals surface area contributed by atoms with E-state index in [4.69, 9.17) is 9.47 Å². The Morgan fingerprint density at radius 1 is 0.642 bits per heavy atom. The predicted octanol–water partition coefficient (Wildman–Crippen LogP) is -3.70. The lowest BCUT2D eigenvalue weighted by molar-refractivity contribution is -0.286. The van der Waals surface area contributed by atoms with Crippen LogP contribution in [0.25, 0.3) is 0 Å². The highest BCUT2D eigenvalue weighted by Gasteiger charge is 2.52. The first-order valence-electron chi connectivity index (χ1n) is 15.1. The minimum absolute atomic E-state index is 0.0989. The Bertz CT molecular complexity index is 1720. The zero-order chi connectivity index (χ0) is 40.7. The van der Waals surface area contributed by atoms with Gasteiger partial charge in [-0.15, -0.1) is 0 Å². The van der Waals surface area contributed by atoms with Crippen molar-refractivity contribution in [3.8, 4) is 0 Å². The van der Waals surface area contributed by atoms with Crippen molar-refractivity contribution < 1.29 is 105 Å². The molecule has 1 saturated heterocycles. The number of rotatable bonds is 27. The normalized spacial score (nSPS) is 21.7. The Balaban J connectivity index is 2.83. The van der Waals surface area contributed by atoms with Gasteiger partial charge < -0.3 is 42.5 Å². The lowest BCUT2D eigenvalue weighted by atomic mass is 9.99. The third-order valence-corrected chi connectivity index (χ3v) is 8.95. The number of ether oxygens (including phenoxy) is 2. The molecule has 1 heterocycles. The molecule has 314 valence electrons. The molecule has 0 aromatic heterocycles. The van der Waals surface area contributed by atoms with Crippen molar-refractivity contribution >= 4 is 63.8 Å². The number of hydrogen-bond acceptors (Lipinski definition) is 24. The minimum atomic E-state index is -6.02. The summed E-state index contributed by atoms with van der Waals surface area (Å²) in [6, 6.07) is 0. The smallest absolute Gasteiger partial charge is 0.239 e. The Hall–Kier alpha value is -1.79. The third kappa shape index (κ3) is 23.7. The fraction of sp³-hybridized carbons (Fsp3) is 0.909. The first kappa shape index (κ1) is 49.2. The molecule has 53 heavy (non-hydrogen) atoms. The maximum Gasteiger partial charge on any atom is 0.239 e. The van der Waals surface area contributed by atoms with Crippen molar-refractivity contribution in [2.24, 2.45) is 0 Å². The molecular formula is C22H37N2O24S5-5. The van der Waals surface area contributed by atoms with Crippen molar-refractivity contribution in [3.63, 3.8) is 0 Å². The van der Waals surface area contributed by atoms with Crippen molar-refractivity contribution in [3.05, 3.63) is 0 Å². The van der Waals surface area contributed by atoms with Gasteiger partial charge in [0.15, 0.2) is 12.4 Å². The summed E-state index contributed by atoms with van der Waals surface area (Å²) in [4.78, 5) is 26.3. The Morgan fingerprint density at radius 3 is 1.64 bits per heavy atom. The van der Waals surface area contributed by atoms with E-state index in [2.05, 4.69) is 26.2 Å². The maximum absolute atomic E-state index is 12.6. The highest BCUT2D eigenvalue weighted by Crippen LogP contribution is 2.32. The molecule has 0 aromatic carbocycles. The lowest BCUT2D eigenvalue weighted by Crippen LogP contribution is -2.63. The largest absolute Gasteiger partial charge is 0.726 e.